The van der Waals surface area contributed by atoms with Gasteiger partial charge in [0.1, 0.15) is 0 Å². The first-order valence-corrected chi connectivity index (χ1v) is 13.6. The third-order valence-electron chi connectivity index (χ3n) is 5.58. The number of carbonyl (C=O) groups is 3. The molecule has 0 aromatic heterocycles. The Morgan fingerprint density at radius 1 is 0.762 bits per heavy atom. The summed E-state index contributed by atoms with van der Waals surface area (Å²) in [6.45, 7) is -0.352. The second-order valence-electron chi connectivity index (χ2n) is 8.16. The number of nitrogens with one attached hydrogen (secondary N) is 2. The predicted octanol–water partition coefficient (Wildman–Crippen LogP) is 4.35. The van der Waals surface area contributed by atoms with Gasteiger partial charge in [-0.15, -0.1) is 0 Å². The molecule has 0 bridgehead atoms. The van der Waals surface area contributed by atoms with Crippen LogP contribution in [-0.2, 0) is 4.79 Å². The first-order valence-electron chi connectivity index (χ1n) is 12.0. The van der Waals surface area contributed by atoms with Gasteiger partial charge in [0.2, 0.25) is 5.75 Å². The van der Waals surface area contributed by atoms with Crippen molar-refractivity contribution in [3.05, 3.63) is 68.1 Å². The molecule has 2 N–H and O–H groups in total. The monoisotopic (exact) mass is 707 g/mol. The van der Waals surface area contributed by atoms with E-state index in [4.69, 9.17) is 28.4 Å². The molecule has 0 aliphatic heterocycles. The molecule has 0 saturated carbocycles. The minimum Gasteiger partial charge on any atom is -0.493 e. The average Bonchev–Trinajstić information content (AvgIpc) is 2.99. The second-order valence-corrected chi connectivity index (χ2v) is 9.93. The summed E-state index contributed by atoms with van der Waals surface area (Å²) in [6.07, 6.45) is 1.29. The van der Waals surface area contributed by atoms with Crippen LogP contribution in [0.4, 0.5) is 0 Å². The number of rotatable bonds is 12. The summed E-state index contributed by atoms with van der Waals surface area (Å²) in [5.41, 5.74) is 3.10. The fraction of sp³-hybridized carbons (Fsp3) is 0.214. The lowest BCUT2D eigenvalue weighted by Gasteiger charge is -2.15. The van der Waals surface area contributed by atoms with Crippen molar-refractivity contribution in [1.82, 2.24) is 10.7 Å². The van der Waals surface area contributed by atoms with E-state index in [1.807, 2.05) is 0 Å². The van der Waals surface area contributed by atoms with Gasteiger partial charge in [0.15, 0.2) is 28.7 Å². The number of halogens is 2. The molecule has 0 aliphatic rings. The van der Waals surface area contributed by atoms with Crippen molar-refractivity contribution in [3.8, 4) is 34.5 Å². The second kappa shape index (κ2) is 15.1. The molecular weight excluding hydrogens is 682 g/mol. The van der Waals surface area contributed by atoms with Gasteiger partial charge >= 0.3 is 5.97 Å². The summed E-state index contributed by atoms with van der Waals surface area (Å²) in [5, 5.41) is 6.44. The Labute approximate surface area is 258 Å². The molecule has 222 valence electrons. The van der Waals surface area contributed by atoms with Crippen LogP contribution in [0.2, 0.25) is 0 Å². The lowest BCUT2D eigenvalue weighted by molar-refractivity contribution is -0.120. The van der Waals surface area contributed by atoms with Crippen LogP contribution in [0.5, 0.6) is 34.5 Å². The van der Waals surface area contributed by atoms with Gasteiger partial charge < -0.3 is 33.7 Å². The zero-order valence-corrected chi connectivity index (χ0v) is 26.4. The van der Waals surface area contributed by atoms with Crippen LogP contribution in [0.25, 0.3) is 0 Å². The summed E-state index contributed by atoms with van der Waals surface area (Å²) >= 11 is 6.78. The molecule has 3 aromatic carbocycles. The van der Waals surface area contributed by atoms with Gasteiger partial charge in [-0.05, 0) is 58.4 Å². The van der Waals surface area contributed by atoms with Crippen LogP contribution < -0.4 is 39.2 Å². The molecule has 0 radical (unpaired) electrons. The molecule has 12 nitrogen and oxygen atoms in total. The molecule has 0 spiro atoms. The van der Waals surface area contributed by atoms with Crippen molar-refractivity contribution in [1.29, 1.82) is 0 Å². The highest BCUT2D eigenvalue weighted by Crippen LogP contribution is 2.39. The van der Waals surface area contributed by atoms with E-state index in [1.165, 1.54) is 60.0 Å². The third-order valence-corrected chi connectivity index (χ3v) is 6.63. The Kier molecular flexibility index (Phi) is 11.6. The summed E-state index contributed by atoms with van der Waals surface area (Å²) in [6, 6.07) is 10.9. The maximum atomic E-state index is 13.1. The minimum atomic E-state index is -0.714. The van der Waals surface area contributed by atoms with E-state index < -0.39 is 17.8 Å². The Hall–Kier alpha value is -4.30. The minimum absolute atomic E-state index is 0.136. The number of methoxy groups -OCH3 is 5. The Morgan fingerprint density at radius 2 is 1.38 bits per heavy atom. The number of benzene rings is 3. The largest absolute Gasteiger partial charge is 0.493 e. The van der Waals surface area contributed by atoms with Gasteiger partial charge in [-0.25, -0.2) is 10.2 Å². The van der Waals surface area contributed by atoms with Crippen LogP contribution in [0, 0.1) is 0 Å². The molecular formula is C28H27Br2N3O9. The van der Waals surface area contributed by atoms with Gasteiger partial charge in [0.05, 0.1) is 58.3 Å². The van der Waals surface area contributed by atoms with Crippen LogP contribution >= 0.6 is 31.9 Å². The van der Waals surface area contributed by atoms with E-state index in [1.54, 1.807) is 24.3 Å². The fourth-order valence-electron chi connectivity index (χ4n) is 3.59. The SMILES string of the molecule is COc1ccc(C(=O)NCC(=O)N/N=C/c2cc(Br)cc(Br)c2OC(=O)c2cc(OC)c(OC)c(OC)c2)cc1OC. The maximum absolute atomic E-state index is 13.1. The van der Waals surface area contributed by atoms with Gasteiger partial charge in [0.25, 0.3) is 11.8 Å². The highest BCUT2D eigenvalue weighted by molar-refractivity contribution is 9.11. The number of hydrogen-bond acceptors (Lipinski definition) is 10. The smallest absolute Gasteiger partial charge is 0.343 e. The lowest BCUT2D eigenvalue weighted by atomic mass is 10.1. The molecule has 0 saturated heterocycles. The van der Waals surface area contributed by atoms with E-state index in [2.05, 4.69) is 47.7 Å². The average molecular weight is 709 g/mol. The molecule has 0 heterocycles. The van der Waals surface area contributed by atoms with Crippen molar-refractivity contribution in [3.63, 3.8) is 0 Å². The Bertz CT molecular complexity index is 1490. The van der Waals surface area contributed by atoms with Crippen molar-refractivity contribution in [2.75, 3.05) is 42.1 Å². The van der Waals surface area contributed by atoms with E-state index in [0.717, 1.165) is 0 Å². The van der Waals surface area contributed by atoms with Gasteiger partial charge in [-0.1, -0.05) is 15.9 Å². The number of esters is 1. The molecule has 14 heteroatoms. The highest BCUT2D eigenvalue weighted by atomic mass is 79.9. The Morgan fingerprint density at radius 3 is 1.98 bits per heavy atom. The van der Waals surface area contributed by atoms with E-state index in [0.29, 0.717) is 31.8 Å². The maximum Gasteiger partial charge on any atom is 0.343 e. The van der Waals surface area contributed by atoms with Crippen LogP contribution in [0.1, 0.15) is 26.3 Å². The van der Waals surface area contributed by atoms with Crippen molar-refractivity contribution >= 4 is 55.9 Å². The number of hydrogen-bond donors (Lipinski definition) is 2. The van der Waals surface area contributed by atoms with Crippen LogP contribution in [-0.4, -0.2) is 66.1 Å². The normalized spacial score (nSPS) is 10.5. The zero-order chi connectivity index (χ0) is 30.8. The molecule has 3 rings (SSSR count). The number of amides is 2. The number of hydrazone groups is 1. The molecule has 0 atom stereocenters. The van der Waals surface area contributed by atoms with Crippen molar-refractivity contribution in [2.45, 2.75) is 0 Å². The van der Waals surface area contributed by atoms with Crippen molar-refractivity contribution in [2.24, 2.45) is 5.10 Å². The van der Waals surface area contributed by atoms with Crippen LogP contribution in [0.3, 0.4) is 0 Å². The molecule has 2 amide bonds. The predicted molar refractivity (Wildman–Crippen MR) is 161 cm³/mol. The molecule has 0 fully saturated rings. The summed E-state index contributed by atoms with van der Waals surface area (Å²) < 4.78 is 33.0. The van der Waals surface area contributed by atoms with E-state index in [-0.39, 0.29) is 34.9 Å². The fourth-order valence-corrected chi connectivity index (χ4v) is 4.93. The number of nitrogens with zero attached hydrogens (tertiary/aromatic N) is 1. The summed E-state index contributed by atoms with van der Waals surface area (Å²) in [5.74, 6) is 0.0604. The highest BCUT2D eigenvalue weighted by Gasteiger charge is 2.21. The zero-order valence-electron chi connectivity index (χ0n) is 23.2. The number of carbonyl (C=O) groups excluding carboxylic acids is 3. The molecule has 0 aliphatic carbocycles. The van der Waals surface area contributed by atoms with Crippen molar-refractivity contribution < 1.29 is 42.8 Å². The summed E-state index contributed by atoms with van der Waals surface area (Å²) in [4.78, 5) is 37.9. The number of ether oxygens (including phenoxy) is 6. The van der Waals surface area contributed by atoms with Gasteiger partial charge in [-0.3, -0.25) is 9.59 Å². The summed E-state index contributed by atoms with van der Waals surface area (Å²) in [7, 11) is 7.25. The molecule has 42 heavy (non-hydrogen) atoms. The third kappa shape index (κ3) is 7.91. The molecule has 0 unspecified atom stereocenters. The van der Waals surface area contributed by atoms with Crippen LogP contribution in [0.15, 0.2) is 56.5 Å². The van der Waals surface area contributed by atoms with E-state index in [9.17, 15) is 14.4 Å². The molecule has 3 aromatic rings. The van der Waals surface area contributed by atoms with E-state index >= 15 is 0 Å². The Balaban J connectivity index is 1.71. The first-order chi connectivity index (χ1) is 20.1. The first kappa shape index (κ1) is 32.2. The van der Waals surface area contributed by atoms with Gasteiger partial charge in [0, 0.05) is 15.6 Å². The standard InChI is InChI=1S/C28H27Br2N3O9/c1-37-20-7-6-15(9-21(20)38-2)27(35)31-14-24(34)33-32-13-17-8-18(29)12-19(30)25(17)42-28(36)16-10-22(39-3)26(41-5)23(11-16)40-4/h6-13H,14H2,1-5H3,(H,31,35)(H,33,34)/b32-13+. The topological polar surface area (TPSA) is 143 Å². The lowest BCUT2D eigenvalue weighted by Crippen LogP contribution is -2.34. The van der Waals surface area contributed by atoms with Gasteiger partial charge in [-0.2, -0.15) is 5.10 Å². The quantitative estimate of drug-likeness (QED) is 0.122.